The Kier molecular flexibility index (Phi) is 5.34. The summed E-state index contributed by atoms with van der Waals surface area (Å²) < 4.78 is 1.12. The molecule has 0 bridgehead atoms. The lowest BCUT2D eigenvalue weighted by atomic mass is 10.1. The summed E-state index contributed by atoms with van der Waals surface area (Å²) >= 11 is 11.5. The summed E-state index contributed by atoms with van der Waals surface area (Å²) in [7, 11) is 1.96. The van der Waals surface area contributed by atoms with Gasteiger partial charge in [-0.25, -0.2) is 0 Å². The molecule has 19 heavy (non-hydrogen) atoms. The second kappa shape index (κ2) is 6.80. The summed E-state index contributed by atoms with van der Waals surface area (Å²) in [5.41, 5.74) is 1.26. The lowest BCUT2D eigenvalue weighted by molar-refractivity contribution is 0.649. The molecule has 0 aliphatic rings. The van der Waals surface area contributed by atoms with Gasteiger partial charge in [0.2, 0.25) is 0 Å². The van der Waals surface area contributed by atoms with E-state index in [0.717, 1.165) is 14.4 Å². The Labute approximate surface area is 131 Å². The van der Waals surface area contributed by atoms with Gasteiger partial charge in [-0.1, -0.05) is 57.5 Å². The predicted octanol–water partition coefficient (Wildman–Crippen LogP) is 5.53. The van der Waals surface area contributed by atoms with E-state index in [2.05, 4.69) is 46.4 Å². The summed E-state index contributed by atoms with van der Waals surface area (Å²) in [6.45, 7) is 2.14. The van der Waals surface area contributed by atoms with Crippen molar-refractivity contribution < 1.29 is 0 Å². The Morgan fingerprint density at radius 1 is 1.21 bits per heavy atom. The molecule has 1 N–H and O–H groups in total. The van der Waals surface area contributed by atoms with Crippen LogP contribution in [0, 0.1) is 0 Å². The number of hydrogen-bond acceptors (Lipinski definition) is 2. The van der Waals surface area contributed by atoms with Gasteiger partial charge in [-0.05, 0) is 43.8 Å². The molecular weight excluding hydrogens is 342 g/mol. The molecule has 100 valence electrons. The van der Waals surface area contributed by atoms with Gasteiger partial charge < -0.3 is 5.32 Å². The summed E-state index contributed by atoms with van der Waals surface area (Å²) in [5, 5.41) is 4.03. The molecule has 1 unspecified atom stereocenters. The summed E-state index contributed by atoms with van der Waals surface area (Å²) in [5.74, 6) is 0. The maximum absolute atomic E-state index is 6.18. The van der Waals surface area contributed by atoms with Crippen molar-refractivity contribution in [1.82, 2.24) is 5.32 Å². The molecule has 2 aromatic carbocycles. The van der Waals surface area contributed by atoms with Gasteiger partial charge in [0.1, 0.15) is 0 Å². The van der Waals surface area contributed by atoms with Crippen molar-refractivity contribution in [3.8, 4) is 0 Å². The van der Waals surface area contributed by atoms with E-state index < -0.39 is 0 Å². The fourth-order valence-corrected chi connectivity index (χ4v) is 3.74. The molecule has 2 rings (SSSR count). The van der Waals surface area contributed by atoms with E-state index in [9.17, 15) is 0 Å². The first-order chi connectivity index (χ1) is 9.11. The Balaban J connectivity index is 2.24. The largest absolute Gasteiger partial charge is 0.313 e. The summed E-state index contributed by atoms with van der Waals surface area (Å²) in [4.78, 5) is 2.25. The third-order valence-corrected chi connectivity index (χ3v) is 5.13. The van der Waals surface area contributed by atoms with Crippen LogP contribution < -0.4 is 5.32 Å². The Morgan fingerprint density at radius 2 is 1.95 bits per heavy atom. The Bertz CT molecular complexity index is 574. The topological polar surface area (TPSA) is 12.0 Å². The van der Waals surface area contributed by atoms with Crippen LogP contribution in [0.25, 0.3) is 0 Å². The molecule has 0 aliphatic carbocycles. The van der Waals surface area contributed by atoms with Crippen LogP contribution in [0.15, 0.2) is 56.7 Å². The van der Waals surface area contributed by atoms with Gasteiger partial charge in [0.15, 0.2) is 0 Å². The van der Waals surface area contributed by atoms with Gasteiger partial charge in [0.05, 0.1) is 5.02 Å². The number of benzene rings is 2. The zero-order valence-electron chi connectivity index (χ0n) is 10.8. The molecular formula is C15H15BrClNS. The maximum Gasteiger partial charge on any atom is 0.0545 e. The normalized spacial score (nSPS) is 12.4. The van der Waals surface area contributed by atoms with Crippen molar-refractivity contribution in [1.29, 1.82) is 0 Å². The SMILES string of the molecule is CNC(C)c1ccc(Sc2ccccc2Cl)cc1Br. The number of hydrogen-bond donors (Lipinski definition) is 1. The monoisotopic (exact) mass is 355 g/mol. The van der Waals surface area contributed by atoms with E-state index in [1.807, 2.05) is 31.3 Å². The van der Waals surface area contributed by atoms with Crippen molar-refractivity contribution in [2.75, 3.05) is 7.05 Å². The van der Waals surface area contributed by atoms with Crippen molar-refractivity contribution >= 4 is 39.3 Å². The zero-order valence-corrected chi connectivity index (χ0v) is 13.9. The summed E-state index contributed by atoms with van der Waals surface area (Å²) in [6, 6.07) is 14.6. The van der Waals surface area contributed by atoms with Crippen LogP contribution in [0.5, 0.6) is 0 Å². The van der Waals surface area contributed by atoms with Crippen molar-refractivity contribution in [3.05, 3.63) is 57.5 Å². The third-order valence-electron chi connectivity index (χ3n) is 2.94. The molecule has 0 aliphatic heterocycles. The van der Waals surface area contributed by atoms with Crippen LogP contribution in [-0.2, 0) is 0 Å². The van der Waals surface area contributed by atoms with E-state index in [4.69, 9.17) is 11.6 Å². The minimum atomic E-state index is 0.328. The molecule has 1 nitrogen and oxygen atoms in total. The van der Waals surface area contributed by atoms with Gasteiger partial charge in [0.25, 0.3) is 0 Å². The van der Waals surface area contributed by atoms with Crippen LogP contribution in [0.1, 0.15) is 18.5 Å². The quantitative estimate of drug-likeness (QED) is 0.772. The highest BCUT2D eigenvalue weighted by atomic mass is 79.9. The van der Waals surface area contributed by atoms with E-state index in [0.29, 0.717) is 6.04 Å². The average Bonchev–Trinajstić information content (AvgIpc) is 2.41. The Morgan fingerprint density at radius 3 is 2.58 bits per heavy atom. The molecule has 0 radical (unpaired) electrons. The number of halogens is 2. The smallest absolute Gasteiger partial charge is 0.0545 e. The van der Waals surface area contributed by atoms with Gasteiger partial charge in [-0.2, -0.15) is 0 Å². The second-order valence-electron chi connectivity index (χ2n) is 4.23. The lowest BCUT2D eigenvalue weighted by Gasteiger charge is -2.14. The van der Waals surface area contributed by atoms with Crippen LogP contribution in [-0.4, -0.2) is 7.05 Å². The molecule has 0 fully saturated rings. The van der Waals surface area contributed by atoms with Crippen molar-refractivity contribution in [2.45, 2.75) is 22.8 Å². The van der Waals surface area contributed by atoms with Crippen LogP contribution >= 0.6 is 39.3 Å². The zero-order chi connectivity index (χ0) is 13.8. The highest BCUT2D eigenvalue weighted by molar-refractivity contribution is 9.10. The minimum Gasteiger partial charge on any atom is -0.313 e. The first-order valence-electron chi connectivity index (χ1n) is 6.01. The highest BCUT2D eigenvalue weighted by Crippen LogP contribution is 2.35. The van der Waals surface area contributed by atoms with E-state index >= 15 is 0 Å². The number of rotatable bonds is 4. The van der Waals surface area contributed by atoms with Gasteiger partial charge >= 0.3 is 0 Å². The molecule has 4 heteroatoms. The highest BCUT2D eigenvalue weighted by Gasteiger charge is 2.09. The molecule has 0 aromatic heterocycles. The second-order valence-corrected chi connectivity index (χ2v) is 6.60. The minimum absolute atomic E-state index is 0.328. The van der Waals surface area contributed by atoms with Crippen LogP contribution in [0.3, 0.4) is 0 Å². The van der Waals surface area contributed by atoms with Gasteiger partial charge in [-0.15, -0.1) is 0 Å². The standard InChI is InChI=1S/C15H15BrClNS/c1-10(18-2)12-8-7-11(9-13(12)16)19-15-6-4-3-5-14(15)17/h3-10,18H,1-2H3. The molecule has 2 aromatic rings. The fourth-order valence-electron chi connectivity index (χ4n) is 1.73. The third kappa shape index (κ3) is 3.76. The van der Waals surface area contributed by atoms with E-state index in [1.165, 1.54) is 10.5 Å². The van der Waals surface area contributed by atoms with Crippen LogP contribution in [0.4, 0.5) is 0 Å². The maximum atomic E-state index is 6.18. The molecule has 0 heterocycles. The van der Waals surface area contributed by atoms with Gasteiger partial charge in [0, 0.05) is 20.3 Å². The van der Waals surface area contributed by atoms with E-state index in [1.54, 1.807) is 11.8 Å². The summed E-state index contributed by atoms with van der Waals surface area (Å²) in [6.07, 6.45) is 0. The first kappa shape index (κ1) is 14.9. The molecule has 0 saturated carbocycles. The van der Waals surface area contributed by atoms with Crippen molar-refractivity contribution in [2.24, 2.45) is 0 Å². The Hall–Kier alpha value is -0.480. The molecule has 0 amide bonds. The van der Waals surface area contributed by atoms with Crippen molar-refractivity contribution in [3.63, 3.8) is 0 Å². The fraction of sp³-hybridized carbons (Fsp3) is 0.200. The lowest BCUT2D eigenvalue weighted by Crippen LogP contribution is -2.12. The molecule has 0 saturated heterocycles. The predicted molar refractivity (Wildman–Crippen MR) is 87.2 cm³/mol. The molecule has 0 spiro atoms. The average molecular weight is 357 g/mol. The first-order valence-corrected chi connectivity index (χ1v) is 7.99. The van der Waals surface area contributed by atoms with E-state index in [-0.39, 0.29) is 0 Å². The van der Waals surface area contributed by atoms with Crippen LogP contribution in [0.2, 0.25) is 5.02 Å². The van der Waals surface area contributed by atoms with Gasteiger partial charge in [-0.3, -0.25) is 0 Å². The number of nitrogens with one attached hydrogen (secondary N) is 1. The molecule has 1 atom stereocenters.